The maximum absolute atomic E-state index is 13.9. The molecular formula is C18H14FN3O2. The van der Waals surface area contributed by atoms with Gasteiger partial charge in [0.25, 0.3) is 0 Å². The number of benzene rings is 1. The molecule has 1 aromatic carbocycles. The van der Waals surface area contributed by atoms with Gasteiger partial charge in [0.1, 0.15) is 5.82 Å². The van der Waals surface area contributed by atoms with Crippen LogP contribution in [0.25, 0.3) is 11.3 Å². The highest BCUT2D eigenvalue weighted by Gasteiger charge is 2.53. The van der Waals surface area contributed by atoms with Gasteiger partial charge >= 0.3 is 0 Å². The molecule has 0 saturated heterocycles. The first-order chi connectivity index (χ1) is 11.7. The van der Waals surface area contributed by atoms with Crippen LogP contribution in [0.4, 0.5) is 10.1 Å². The van der Waals surface area contributed by atoms with E-state index < -0.39 is 5.41 Å². The van der Waals surface area contributed by atoms with Gasteiger partial charge in [0.15, 0.2) is 5.76 Å². The number of halogens is 1. The fourth-order valence-electron chi connectivity index (χ4n) is 2.70. The molecule has 1 saturated carbocycles. The number of nitrogens with one attached hydrogen (secondary N) is 1. The second-order valence-corrected chi connectivity index (χ2v) is 5.83. The number of amides is 1. The molecule has 1 fully saturated rings. The summed E-state index contributed by atoms with van der Waals surface area (Å²) in [5.41, 5.74) is 0.788. The molecule has 2 aromatic heterocycles. The first-order valence-corrected chi connectivity index (χ1v) is 7.63. The number of pyridine rings is 1. The first-order valence-electron chi connectivity index (χ1n) is 7.63. The maximum Gasteiger partial charge on any atom is 0.236 e. The molecule has 2 heterocycles. The van der Waals surface area contributed by atoms with Crippen LogP contribution in [0, 0.1) is 5.82 Å². The molecule has 1 aliphatic carbocycles. The van der Waals surface area contributed by atoms with Crippen molar-refractivity contribution in [3.8, 4) is 11.3 Å². The van der Waals surface area contributed by atoms with Crippen molar-refractivity contribution in [2.45, 2.75) is 18.3 Å². The van der Waals surface area contributed by atoms with Gasteiger partial charge in [-0.3, -0.25) is 9.78 Å². The van der Waals surface area contributed by atoms with Crippen LogP contribution in [0.3, 0.4) is 0 Å². The van der Waals surface area contributed by atoms with Crippen molar-refractivity contribution >= 4 is 11.6 Å². The Balaban J connectivity index is 1.60. The number of carbonyl (C=O) groups excluding carboxylic acids is 1. The number of rotatable bonds is 4. The van der Waals surface area contributed by atoms with Crippen LogP contribution < -0.4 is 5.32 Å². The lowest BCUT2D eigenvalue weighted by Crippen LogP contribution is -2.28. The Morgan fingerprint density at radius 1 is 1.21 bits per heavy atom. The summed E-state index contributed by atoms with van der Waals surface area (Å²) in [4.78, 5) is 16.6. The molecule has 0 aliphatic heterocycles. The molecule has 1 N–H and O–H groups in total. The number of anilines is 1. The number of aromatic nitrogens is 2. The van der Waals surface area contributed by atoms with Crippen molar-refractivity contribution in [3.63, 3.8) is 0 Å². The standard InChI is InChI=1S/C18H14FN3O2/c19-14-6-2-1-5-13(14)15-10-16(22-24-15)18(7-8-18)17(23)21-12-4-3-9-20-11-12/h1-6,9-11H,7-8H2,(H,21,23). The van der Waals surface area contributed by atoms with Crippen LogP contribution in [0.2, 0.25) is 0 Å². The average Bonchev–Trinajstić information content (AvgIpc) is 3.27. The molecule has 4 rings (SSSR count). The zero-order valence-corrected chi connectivity index (χ0v) is 12.7. The van der Waals surface area contributed by atoms with Gasteiger partial charge in [-0.05, 0) is 37.1 Å². The summed E-state index contributed by atoms with van der Waals surface area (Å²) < 4.78 is 19.1. The van der Waals surface area contributed by atoms with E-state index in [4.69, 9.17) is 4.52 Å². The van der Waals surface area contributed by atoms with Crippen molar-refractivity contribution in [2.24, 2.45) is 0 Å². The lowest BCUT2D eigenvalue weighted by molar-refractivity contribution is -0.118. The Bertz CT molecular complexity index is 888. The predicted octanol–water partition coefficient (Wildman–Crippen LogP) is 3.55. The Kier molecular flexibility index (Phi) is 3.37. The van der Waals surface area contributed by atoms with Crippen molar-refractivity contribution in [3.05, 3.63) is 66.4 Å². The Morgan fingerprint density at radius 3 is 2.75 bits per heavy atom. The monoisotopic (exact) mass is 323 g/mol. The molecular weight excluding hydrogens is 309 g/mol. The minimum Gasteiger partial charge on any atom is -0.356 e. The number of carbonyl (C=O) groups is 1. The highest BCUT2D eigenvalue weighted by atomic mass is 19.1. The SMILES string of the molecule is O=C(Nc1cccnc1)C1(c2cc(-c3ccccc3F)on2)CC1. The van der Waals surface area contributed by atoms with E-state index in [1.165, 1.54) is 6.07 Å². The zero-order valence-electron chi connectivity index (χ0n) is 12.7. The van der Waals surface area contributed by atoms with Gasteiger partial charge in [0, 0.05) is 12.3 Å². The third-order valence-electron chi connectivity index (χ3n) is 4.24. The molecule has 0 spiro atoms. The molecule has 0 bridgehead atoms. The minimum absolute atomic E-state index is 0.149. The van der Waals surface area contributed by atoms with Gasteiger partial charge in [-0.2, -0.15) is 0 Å². The van der Waals surface area contributed by atoms with Crippen LogP contribution in [0.5, 0.6) is 0 Å². The van der Waals surface area contributed by atoms with Crippen molar-refractivity contribution in [1.29, 1.82) is 0 Å². The van der Waals surface area contributed by atoms with E-state index in [9.17, 15) is 9.18 Å². The van der Waals surface area contributed by atoms with E-state index in [0.29, 0.717) is 35.5 Å². The first kappa shape index (κ1) is 14.6. The van der Waals surface area contributed by atoms with Gasteiger partial charge in [0.2, 0.25) is 5.91 Å². The van der Waals surface area contributed by atoms with Gasteiger partial charge in [-0.1, -0.05) is 17.3 Å². The van der Waals surface area contributed by atoms with E-state index in [0.717, 1.165) is 0 Å². The Hall–Kier alpha value is -3.02. The van der Waals surface area contributed by atoms with Crippen molar-refractivity contribution < 1.29 is 13.7 Å². The molecule has 0 unspecified atom stereocenters. The number of hydrogen-bond donors (Lipinski definition) is 1. The van der Waals surface area contributed by atoms with Crippen LogP contribution >= 0.6 is 0 Å². The lowest BCUT2D eigenvalue weighted by Gasteiger charge is -2.11. The molecule has 6 heteroatoms. The molecule has 0 atom stereocenters. The zero-order chi connectivity index (χ0) is 16.6. The van der Waals surface area contributed by atoms with Gasteiger partial charge in [-0.15, -0.1) is 0 Å². The molecule has 120 valence electrons. The van der Waals surface area contributed by atoms with E-state index in [-0.39, 0.29) is 11.7 Å². The van der Waals surface area contributed by atoms with Crippen molar-refractivity contribution in [2.75, 3.05) is 5.32 Å². The second-order valence-electron chi connectivity index (χ2n) is 5.83. The topological polar surface area (TPSA) is 68.0 Å². The van der Waals surface area contributed by atoms with Gasteiger partial charge in [0.05, 0.1) is 28.6 Å². The summed E-state index contributed by atoms with van der Waals surface area (Å²) >= 11 is 0. The summed E-state index contributed by atoms with van der Waals surface area (Å²) in [6.45, 7) is 0. The third-order valence-corrected chi connectivity index (χ3v) is 4.24. The largest absolute Gasteiger partial charge is 0.356 e. The third kappa shape index (κ3) is 2.46. The second kappa shape index (κ2) is 5.56. The minimum atomic E-state index is -0.706. The molecule has 0 radical (unpaired) electrons. The van der Waals surface area contributed by atoms with Crippen LogP contribution in [0.15, 0.2) is 59.4 Å². The predicted molar refractivity (Wildman–Crippen MR) is 85.7 cm³/mol. The van der Waals surface area contributed by atoms with Crippen LogP contribution in [-0.4, -0.2) is 16.0 Å². The summed E-state index contributed by atoms with van der Waals surface area (Å²) in [5.74, 6) is -0.211. The molecule has 3 aromatic rings. The summed E-state index contributed by atoms with van der Waals surface area (Å²) in [5, 5.41) is 6.86. The smallest absolute Gasteiger partial charge is 0.236 e. The van der Waals surface area contributed by atoms with Gasteiger partial charge in [-0.25, -0.2) is 4.39 Å². The Labute approximate surface area is 137 Å². The molecule has 1 aliphatic rings. The quantitative estimate of drug-likeness (QED) is 0.797. The average molecular weight is 323 g/mol. The van der Waals surface area contributed by atoms with Crippen LogP contribution in [-0.2, 0) is 10.2 Å². The van der Waals surface area contributed by atoms with Gasteiger partial charge < -0.3 is 9.84 Å². The molecule has 1 amide bonds. The number of hydrogen-bond acceptors (Lipinski definition) is 4. The lowest BCUT2D eigenvalue weighted by atomic mass is 10.00. The summed E-state index contributed by atoms with van der Waals surface area (Å²) in [6.07, 6.45) is 4.59. The van der Waals surface area contributed by atoms with Crippen molar-refractivity contribution in [1.82, 2.24) is 10.1 Å². The van der Waals surface area contributed by atoms with Crippen LogP contribution in [0.1, 0.15) is 18.5 Å². The van der Waals surface area contributed by atoms with E-state index >= 15 is 0 Å². The Morgan fingerprint density at radius 2 is 2.04 bits per heavy atom. The molecule has 24 heavy (non-hydrogen) atoms. The molecule has 5 nitrogen and oxygen atoms in total. The fourth-order valence-corrected chi connectivity index (χ4v) is 2.70. The van der Waals surface area contributed by atoms with E-state index in [1.54, 1.807) is 48.8 Å². The maximum atomic E-state index is 13.9. The highest BCUT2D eigenvalue weighted by Crippen LogP contribution is 2.49. The number of nitrogens with zero attached hydrogens (tertiary/aromatic N) is 2. The summed E-state index contributed by atoms with van der Waals surface area (Å²) in [6, 6.07) is 11.5. The fraction of sp³-hybridized carbons (Fsp3) is 0.167. The van der Waals surface area contributed by atoms with E-state index in [1.807, 2.05) is 0 Å². The normalized spacial score (nSPS) is 15.0. The van der Waals surface area contributed by atoms with E-state index in [2.05, 4.69) is 15.5 Å². The highest BCUT2D eigenvalue weighted by molar-refractivity contribution is 6.01. The summed E-state index contributed by atoms with van der Waals surface area (Å²) in [7, 11) is 0.